The van der Waals surface area contributed by atoms with Crippen molar-refractivity contribution < 1.29 is 5.11 Å². The van der Waals surface area contributed by atoms with E-state index in [0.717, 1.165) is 25.2 Å². The first-order valence-corrected chi connectivity index (χ1v) is 7.01. The highest BCUT2D eigenvalue weighted by molar-refractivity contribution is 6.31. The largest absolute Gasteiger partial charge is 0.508 e. The van der Waals surface area contributed by atoms with Crippen LogP contribution in [0, 0.1) is 0 Å². The minimum absolute atomic E-state index is 0.296. The van der Waals surface area contributed by atoms with Gasteiger partial charge in [0.2, 0.25) is 0 Å². The molecule has 0 amide bonds. The molecule has 1 aliphatic rings. The van der Waals surface area contributed by atoms with Crippen LogP contribution in [0.5, 0.6) is 5.75 Å². The van der Waals surface area contributed by atoms with Crippen LogP contribution < -0.4 is 5.32 Å². The molecule has 0 aromatic heterocycles. The van der Waals surface area contributed by atoms with Crippen molar-refractivity contribution in [3.8, 4) is 5.75 Å². The molecule has 2 rings (SSSR count). The van der Waals surface area contributed by atoms with E-state index in [-0.39, 0.29) is 0 Å². The van der Waals surface area contributed by atoms with Crippen molar-refractivity contribution in [1.29, 1.82) is 0 Å². The van der Waals surface area contributed by atoms with Gasteiger partial charge in [-0.3, -0.25) is 4.90 Å². The molecule has 1 aromatic carbocycles. The Balaban J connectivity index is 2.09. The highest BCUT2D eigenvalue weighted by atomic mass is 35.5. The lowest BCUT2D eigenvalue weighted by atomic mass is 10.0. The van der Waals surface area contributed by atoms with Crippen LogP contribution in [-0.2, 0) is 6.54 Å². The van der Waals surface area contributed by atoms with Crippen LogP contribution in [-0.4, -0.2) is 35.7 Å². The molecule has 1 aromatic rings. The summed E-state index contributed by atoms with van der Waals surface area (Å²) in [5.74, 6) is 0.296. The Morgan fingerprint density at radius 3 is 2.94 bits per heavy atom. The van der Waals surface area contributed by atoms with Gasteiger partial charge in [-0.2, -0.15) is 0 Å². The molecule has 0 saturated carbocycles. The smallest absolute Gasteiger partial charge is 0.121 e. The lowest BCUT2D eigenvalue weighted by Gasteiger charge is -2.34. The molecule has 1 aliphatic heterocycles. The first kappa shape index (κ1) is 13.7. The fourth-order valence-corrected chi connectivity index (χ4v) is 2.78. The molecule has 3 nitrogen and oxygen atoms in total. The van der Waals surface area contributed by atoms with Crippen LogP contribution in [0.2, 0.25) is 5.02 Å². The molecule has 0 bridgehead atoms. The highest BCUT2D eigenvalue weighted by Crippen LogP contribution is 2.27. The Bertz CT molecular complexity index is 371. The maximum Gasteiger partial charge on any atom is 0.121 e. The van der Waals surface area contributed by atoms with E-state index >= 15 is 0 Å². The number of phenols is 1. The maximum atomic E-state index is 9.91. The third kappa shape index (κ3) is 3.16. The van der Waals surface area contributed by atoms with Crippen molar-refractivity contribution >= 4 is 11.6 Å². The summed E-state index contributed by atoms with van der Waals surface area (Å²) >= 11 is 6.17. The highest BCUT2D eigenvalue weighted by Gasteiger charge is 2.21. The van der Waals surface area contributed by atoms with Gasteiger partial charge in [-0.25, -0.2) is 0 Å². The molecule has 1 fully saturated rings. The quantitative estimate of drug-likeness (QED) is 0.881. The molecule has 100 valence electrons. The van der Waals surface area contributed by atoms with E-state index in [0.29, 0.717) is 23.4 Å². The van der Waals surface area contributed by atoms with E-state index in [4.69, 9.17) is 11.6 Å². The zero-order valence-corrected chi connectivity index (χ0v) is 11.6. The number of hydrogen-bond acceptors (Lipinski definition) is 3. The molecular weight excluding hydrogens is 248 g/mol. The molecule has 0 aliphatic carbocycles. The monoisotopic (exact) mass is 268 g/mol. The number of rotatable bonds is 4. The summed E-state index contributed by atoms with van der Waals surface area (Å²) < 4.78 is 0. The Hall–Kier alpha value is -0.770. The average Bonchev–Trinajstić information content (AvgIpc) is 2.40. The maximum absolute atomic E-state index is 9.91. The number of nitrogens with one attached hydrogen (secondary N) is 1. The van der Waals surface area contributed by atoms with Gasteiger partial charge in [-0.05, 0) is 38.1 Å². The predicted octanol–water partition coefficient (Wildman–Crippen LogP) is 2.62. The lowest BCUT2D eigenvalue weighted by Crippen LogP contribution is -2.45. The van der Waals surface area contributed by atoms with Gasteiger partial charge in [0.05, 0.1) is 0 Å². The summed E-state index contributed by atoms with van der Waals surface area (Å²) in [7, 11) is 0. The number of hydrogen-bond donors (Lipinski definition) is 2. The van der Waals surface area contributed by atoms with Gasteiger partial charge in [0, 0.05) is 29.7 Å². The Kier molecular flexibility index (Phi) is 4.87. The number of piperidine rings is 1. The first-order chi connectivity index (χ1) is 8.72. The molecule has 1 unspecified atom stereocenters. The van der Waals surface area contributed by atoms with Crippen molar-refractivity contribution in [2.75, 3.05) is 19.6 Å². The fourth-order valence-electron chi connectivity index (χ4n) is 2.55. The summed E-state index contributed by atoms with van der Waals surface area (Å²) in [5, 5.41) is 14.0. The van der Waals surface area contributed by atoms with Crippen molar-refractivity contribution in [2.24, 2.45) is 0 Å². The molecule has 18 heavy (non-hydrogen) atoms. The van der Waals surface area contributed by atoms with E-state index in [2.05, 4.69) is 17.1 Å². The Morgan fingerprint density at radius 2 is 2.33 bits per heavy atom. The van der Waals surface area contributed by atoms with Crippen LogP contribution in [0.15, 0.2) is 18.2 Å². The van der Waals surface area contributed by atoms with Crippen LogP contribution in [0.4, 0.5) is 0 Å². The summed E-state index contributed by atoms with van der Waals surface area (Å²) in [4.78, 5) is 2.38. The molecule has 1 atom stereocenters. The topological polar surface area (TPSA) is 35.5 Å². The second-order valence-corrected chi connectivity index (χ2v) is 5.21. The molecule has 1 heterocycles. The second kappa shape index (κ2) is 6.41. The number of phenolic OH excluding ortho intramolecular Hbond substituents is 1. The minimum atomic E-state index is 0.296. The van der Waals surface area contributed by atoms with Gasteiger partial charge in [0.1, 0.15) is 5.75 Å². The number of likely N-dealkylation sites (N-methyl/N-ethyl adjacent to an activating group) is 1. The average molecular weight is 269 g/mol. The first-order valence-electron chi connectivity index (χ1n) is 6.63. The normalized spacial score (nSPS) is 20.3. The lowest BCUT2D eigenvalue weighted by molar-refractivity contribution is 0.165. The Labute approximate surface area is 114 Å². The van der Waals surface area contributed by atoms with Crippen LogP contribution in [0.1, 0.15) is 25.3 Å². The van der Waals surface area contributed by atoms with Crippen molar-refractivity contribution in [2.45, 2.75) is 32.4 Å². The molecular formula is C14H21ClN2O. The third-order valence-electron chi connectivity index (χ3n) is 3.65. The summed E-state index contributed by atoms with van der Waals surface area (Å²) in [6.45, 7) is 5.98. The number of nitrogens with zero attached hydrogens (tertiary/aromatic N) is 1. The van der Waals surface area contributed by atoms with Gasteiger partial charge >= 0.3 is 0 Å². The number of benzene rings is 1. The van der Waals surface area contributed by atoms with E-state index < -0.39 is 0 Å². The molecule has 2 N–H and O–H groups in total. The van der Waals surface area contributed by atoms with Gasteiger partial charge in [0.25, 0.3) is 0 Å². The van der Waals surface area contributed by atoms with E-state index in [1.165, 1.54) is 12.8 Å². The third-order valence-corrected chi connectivity index (χ3v) is 4.00. The number of aromatic hydroxyl groups is 1. The van der Waals surface area contributed by atoms with Gasteiger partial charge in [-0.1, -0.05) is 24.6 Å². The van der Waals surface area contributed by atoms with E-state index in [1.807, 2.05) is 6.07 Å². The second-order valence-electron chi connectivity index (χ2n) is 4.80. The van der Waals surface area contributed by atoms with Crippen LogP contribution in [0.3, 0.4) is 0 Å². The standard InChI is InChI=1S/C14H21ClN2O/c1-2-17(11-5-4-8-16-9-11)10-12-13(15)6-3-7-14(12)18/h3,6-7,11,16,18H,2,4-5,8-10H2,1H3. The zero-order valence-electron chi connectivity index (χ0n) is 10.8. The van der Waals surface area contributed by atoms with Crippen molar-refractivity contribution in [1.82, 2.24) is 10.2 Å². The fraction of sp³-hybridized carbons (Fsp3) is 0.571. The SMILES string of the molecule is CCN(Cc1c(O)cccc1Cl)C1CCCNC1. The molecule has 1 saturated heterocycles. The zero-order chi connectivity index (χ0) is 13.0. The molecule has 4 heteroatoms. The van der Waals surface area contributed by atoms with E-state index in [1.54, 1.807) is 12.1 Å². The van der Waals surface area contributed by atoms with Crippen LogP contribution >= 0.6 is 11.6 Å². The van der Waals surface area contributed by atoms with Gasteiger partial charge in [-0.15, -0.1) is 0 Å². The van der Waals surface area contributed by atoms with Crippen LogP contribution in [0.25, 0.3) is 0 Å². The van der Waals surface area contributed by atoms with Crippen molar-refractivity contribution in [3.05, 3.63) is 28.8 Å². The minimum Gasteiger partial charge on any atom is -0.508 e. The van der Waals surface area contributed by atoms with E-state index in [9.17, 15) is 5.11 Å². The summed E-state index contributed by atoms with van der Waals surface area (Å²) in [6.07, 6.45) is 2.43. The Morgan fingerprint density at radius 1 is 1.50 bits per heavy atom. The predicted molar refractivity (Wildman–Crippen MR) is 75.1 cm³/mol. The molecule has 0 radical (unpaired) electrons. The number of halogens is 1. The summed E-state index contributed by atoms with van der Waals surface area (Å²) in [5.41, 5.74) is 0.839. The van der Waals surface area contributed by atoms with Gasteiger partial charge in [0.15, 0.2) is 0 Å². The van der Waals surface area contributed by atoms with Gasteiger partial charge < -0.3 is 10.4 Å². The summed E-state index contributed by atoms with van der Waals surface area (Å²) in [6, 6.07) is 5.86. The van der Waals surface area contributed by atoms with Crippen molar-refractivity contribution in [3.63, 3.8) is 0 Å². The molecule has 0 spiro atoms.